The van der Waals surface area contributed by atoms with Crippen molar-refractivity contribution in [2.24, 2.45) is 0 Å². The van der Waals surface area contributed by atoms with Gasteiger partial charge in [-0.1, -0.05) is 0 Å². The molecule has 0 aliphatic rings. The van der Waals surface area contributed by atoms with Crippen LogP contribution in [0, 0.1) is 0 Å². The average Bonchev–Trinajstić information content (AvgIpc) is 3.13. The molecule has 0 unspecified atom stereocenters. The Labute approximate surface area is 130 Å². The molecule has 0 saturated heterocycles. The van der Waals surface area contributed by atoms with Crippen molar-refractivity contribution >= 4 is 34.1 Å². The molecule has 6 nitrogen and oxygen atoms in total. The zero-order valence-corrected chi connectivity index (χ0v) is 12.9. The quantitative estimate of drug-likeness (QED) is 0.695. The Morgan fingerprint density at radius 2 is 2.18 bits per heavy atom. The highest BCUT2D eigenvalue weighted by Gasteiger charge is 2.14. The first-order valence-corrected chi connectivity index (χ1v) is 7.60. The zero-order valence-electron chi connectivity index (χ0n) is 12.1. The Balaban J connectivity index is 1.97. The lowest BCUT2D eigenvalue weighted by molar-refractivity contribution is 0.0520. The van der Waals surface area contributed by atoms with Crippen molar-refractivity contribution in [2.75, 3.05) is 6.61 Å². The Morgan fingerprint density at radius 1 is 1.36 bits per heavy atom. The third-order valence-electron chi connectivity index (χ3n) is 3.10. The topological polar surface area (TPSA) is 74.1 Å². The van der Waals surface area contributed by atoms with Gasteiger partial charge in [-0.15, -0.1) is 11.3 Å². The smallest absolute Gasteiger partial charge is 0.357 e. The number of aromatic nitrogens is 3. The molecule has 0 bridgehead atoms. The molecule has 22 heavy (non-hydrogen) atoms. The van der Waals surface area contributed by atoms with Crippen LogP contribution in [0.25, 0.3) is 21.5 Å². The van der Waals surface area contributed by atoms with E-state index in [1.807, 2.05) is 18.2 Å². The first kappa shape index (κ1) is 14.4. The van der Waals surface area contributed by atoms with Gasteiger partial charge in [-0.3, -0.25) is 4.79 Å². The molecule has 3 aromatic rings. The summed E-state index contributed by atoms with van der Waals surface area (Å²) >= 11 is 1.37. The maximum absolute atomic E-state index is 11.7. The minimum Gasteiger partial charge on any atom is -0.461 e. The monoisotopic (exact) mass is 315 g/mol. The van der Waals surface area contributed by atoms with E-state index in [4.69, 9.17) is 4.74 Å². The summed E-state index contributed by atoms with van der Waals surface area (Å²) in [4.78, 5) is 27.4. The molecule has 0 amide bonds. The molecular weight excluding hydrogens is 302 g/mol. The van der Waals surface area contributed by atoms with E-state index < -0.39 is 5.97 Å². The molecule has 0 fully saturated rings. The maximum Gasteiger partial charge on any atom is 0.357 e. The number of fused-ring (bicyclic) bond motifs is 1. The van der Waals surface area contributed by atoms with Crippen molar-refractivity contribution in [1.82, 2.24) is 14.8 Å². The van der Waals surface area contributed by atoms with Gasteiger partial charge >= 0.3 is 5.97 Å². The Bertz CT molecular complexity index is 866. The van der Waals surface area contributed by atoms with E-state index in [1.54, 1.807) is 18.5 Å². The summed E-state index contributed by atoms with van der Waals surface area (Å²) in [6.45, 7) is 3.54. The van der Waals surface area contributed by atoms with Gasteiger partial charge in [0.15, 0.2) is 5.69 Å². The van der Waals surface area contributed by atoms with E-state index in [0.29, 0.717) is 12.3 Å². The highest BCUT2D eigenvalue weighted by atomic mass is 32.1. The molecular formula is C15H13N3O3S. The summed E-state index contributed by atoms with van der Waals surface area (Å²) < 4.78 is 6.28. The molecule has 112 valence electrons. The summed E-state index contributed by atoms with van der Waals surface area (Å²) in [5.74, 6) is -0.558. The van der Waals surface area contributed by atoms with E-state index in [-0.39, 0.29) is 5.91 Å². The van der Waals surface area contributed by atoms with Gasteiger partial charge in [-0.05, 0) is 25.1 Å². The molecule has 3 rings (SSSR count). The molecule has 7 heteroatoms. The number of thiazole rings is 1. The van der Waals surface area contributed by atoms with Crippen LogP contribution in [-0.2, 0) is 4.74 Å². The predicted octanol–water partition coefficient (Wildman–Crippen LogP) is 3.00. The largest absolute Gasteiger partial charge is 0.461 e. The number of carbonyl (C=O) groups is 2. The van der Waals surface area contributed by atoms with Crippen LogP contribution in [0.3, 0.4) is 0 Å². The second-order valence-electron chi connectivity index (χ2n) is 4.61. The Kier molecular flexibility index (Phi) is 3.72. The van der Waals surface area contributed by atoms with Crippen molar-refractivity contribution in [3.8, 4) is 10.6 Å². The highest BCUT2D eigenvalue weighted by molar-refractivity contribution is 7.13. The Morgan fingerprint density at radius 3 is 2.91 bits per heavy atom. The normalized spacial score (nSPS) is 10.8. The van der Waals surface area contributed by atoms with Gasteiger partial charge in [0.1, 0.15) is 5.01 Å². The molecule has 0 N–H and O–H groups in total. The van der Waals surface area contributed by atoms with Gasteiger partial charge in [-0.2, -0.15) is 5.10 Å². The minimum absolute atomic E-state index is 0.137. The molecule has 0 aliphatic heterocycles. The maximum atomic E-state index is 11.7. The lowest BCUT2D eigenvalue weighted by Crippen LogP contribution is -2.06. The van der Waals surface area contributed by atoms with Crippen molar-refractivity contribution in [3.05, 3.63) is 35.5 Å². The lowest BCUT2D eigenvalue weighted by Gasteiger charge is -1.99. The van der Waals surface area contributed by atoms with E-state index >= 15 is 0 Å². The number of hydrogen-bond donors (Lipinski definition) is 0. The van der Waals surface area contributed by atoms with Crippen LogP contribution in [0.15, 0.2) is 29.8 Å². The number of benzene rings is 1. The van der Waals surface area contributed by atoms with Crippen LogP contribution < -0.4 is 0 Å². The van der Waals surface area contributed by atoms with Crippen LogP contribution in [0.1, 0.15) is 29.1 Å². The van der Waals surface area contributed by atoms with Gasteiger partial charge in [0.2, 0.25) is 5.91 Å². The first-order valence-electron chi connectivity index (χ1n) is 6.72. The van der Waals surface area contributed by atoms with E-state index in [2.05, 4.69) is 10.1 Å². The fourth-order valence-corrected chi connectivity index (χ4v) is 2.91. The van der Waals surface area contributed by atoms with E-state index in [0.717, 1.165) is 21.5 Å². The summed E-state index contributed by atoms with van der Waals surface area (Å²) in [7, 11) is 0. The Hall–Kier alpha value is -2.54. The number of nitrogens with zero attached hydrogens (tertiary/aromatic N) is 3. The average molecular weight is 315 g/mol. The molecule has 0 radical (unpaired) electrons. The van der Waals surface area contributed by atoms with Crippen LogP contribution in [-0.4, -0.2) is 33.2 Å². The summed E-state index contributed by atoms with van der Waals surface area (Å²) in [6, 6.07) is 5.58. The van der Waals surface area contributed by atoms with Gasteiger partial charge < -0.3 is 4.74 Å². The minimum atomic E-state index is -0.421. The molecule has 2 aromatic heterocycles. The fourth-order valence-electron chi connectivity index (χ4n) is 2.12. The van der Waals surface area contributed by atoms with E-state index in [1.165, 1.54) is 22.9 Å². The van der Waals surface area contributed by atoms with Gasteiger partial charge in [-0.25, -0.2) is 14.5 Å². The van der Waals surface area contributed by atoms with Crippen LogP contribution in [0.2, 0.25) is 0 Å². The third kappa shape index (κ3) is 2.50. The molecule has 0 saturated carbocycles. The molecule has 0 atom stereocenters. The zero-order chi connectivity index (χ0) is 15.7. The summed E-state index contributed by atoms with van der Waals surface area (Å²) in [5, 5.41) is 7.31. The number of hydrogen-bond acceptors (Lipinski definition) is 6. The van der Waals surface area contributed by atoms with Crippen LogP contribution in [0.4, 0.5) is 0 Å². The third-order valence-corrected chi connectivity index (χ3v) is 3.99. The van der Waals surface area contributed by atoms with Gasteiger partial charge in [0.25, 0.3) is 0 Å². The summed E-state index contributed by atoms with van der Waals surface area (Å²) in [6.07, 6.45) is 1.64. The standard InChI is InChI=1S/C15H13N3O3S/c1-3-21-15(20)12-8-22-14(17-12)10-4-5-13-11(6-10)7-16-18(13)9(2)19/h4-8H,3H2,1-2H3. The van der Waals surface area contributed by atoms with Gasteiger partial charge in [0, 0.05) is 23.3 Å². The molecule has 0 aliphatic carbocycles. The number of carbonyl (C=O) groups excluding carboxylic acids is 2. The second-order valence-corrected chi connectivity index (χ2v) is 5.47. The number of rotatable bonds is 3. The van der Waals surface area contributed by atoms with Crippen LogP contribution in [0.5, 0.6) is 0 Å². The number of ether oxygens (including phenoxy) is 1. The SMILES string of the molecule is CCOC(=O)c1csc(-c2ccc3c(cnn3C(C)=O)c2)n1. The lowest BCUT2D eigenvalue weighted by atomic mass is 10.2. The summed E-state index contributed by atoms with van der Waals surface area (Å²) in [5.41, 5.74) is 1.93. The second kappa shape index (κ2) is 5.69. The first-order chi connectivity index (χ1) is 10.6. The van der Waals surface area contributed by atoms with Crippen molar-refractivity contribution in [2.45, 2.75) is 13.8 Å². The molecule has 0 spiro atoms. The molecule has 2 heterocycles. The molecule has 1 aromatic carbocycles. The fraction of sp³-hybridized carbons (Fsp3) is 0.200. The van der Waals surface area contributed by atoms with Crippen molar-refractivity contribution in [3.63, 3.8) is 0 Å². The predicted molar refractivity (Wildman–Crippen MR) is 83.1 cm³/mol. The van der Waals surface area contributed by atoms with Crippen LogP contribution >= 0.6 is 11.3 Å². The van der Waals surface area contributed by atoms with Crippen molar-refractivity contribution in [1.29, 1.82) is 0 Å². The highest BCUT2D eigenvalue weighted by Crippen LogP contribution is 2.27. The van der Waals surface area contributed by atoms with Crippen molar-refractivity contribution < 1.29 is 14.3 Å². The van der Waals surface area contributed by atoms with Gasteiger partial charge in [0.05, 0.1) is 18.3 Å². The number of esters is 1. The van der Waals surface area contributed by atoms with E-state index in [9.17, 15) is 9.59 Å².